The van der Waals surface area contributed by atoms with Crippen LogP contribution in [0, 0.1) is 13.8 Å². The molecule has 100 valence electrons. The van der Waals surface area contributed by atoms with Gasteiger partial charge in [-0.3, -0.25) is 0 Å². The van der Waals surface area contributed by atoms with Crippen LogP contribution in [-0.4, -0.2) is 15.2 Å². The average molecular weight is 273 g/mol. The molecule has 2 atom stereocenters. The van der Waals surface area contributed by atoms with E-state index in [1.165, 1.54) is 0 Å². The lowest BCUT2D eigenvalue weighted by atomic mass is 10.1. The maximum absolute atomic E-state index is 6.29. The van der Waals surface area contributed by atoms with E-state index in [4.69, 9.17) is 5.73 Å². The average Bonchev–Trinajstić information content (AvgIpc) is 2.37. The zero-order chi connectivity index (χ0) is 13.8. The summed E-state index contributed by atoms with van der Waals surface area (Å²) in [6, 6.07) is 12.1. The van der Waals surface area contributed by atoms with Crippen molar-refractivity contribution in [2.75, 3.05) is 0 Å². The number of nitrogens with two attached hydrogens (primary N) is 1. The topological polar surface area (TPSA) is 51.8 Å². The summed E-state index contributed by atoms with van der Waals surface area (Å²) in [6.07, 6.45) is 0. The molecule has 0 saturated heterocycles. The number of rotatable bonds is 4. The molecule has 0 saturated carbocycles. The summed E-state index contributed by atoms with van der Waals surface area (Å²) in [7, 11) is 0. The van der Waals surface area contributed by atoms with Gasteiger partial charge in [0.05, 0.1) is 0 Å². The lowest BCUT2D eigenvalue weighted by Crippen LogP contribution is -2.21. The molecule has 3 nitrogen and oxygen atoms in total. The Bertz CT molecular complexity index is 522. The van der Waals surface area contributed by atoms with Gasteiger partial charge in [-0.1, -0.05) is 49.0 Å². The second-order valence-electron chi connectivity index (χ2n) is 4.69. The summed E-state index contributed by atoms with van der Waals surface area (Å²) in [6.45, 7) is 6.09. The molecule has 2 N–H and O–H groups in total. The molecule has 0 aliphatic heterocycles. The fourth-order valence-corrected chi connectivity index (χ4v) is 2.96. The molecule has 2 aromatic rings. The molecule has 0 bridgehead atoms. The maximum atomic E-state index is 6.29. The van der Waals surface area contributed by atoms with Crippen LogP contribution in [-0.2, 0) is 0 Å². The van der Waals surface area contributed by atoms with E-state index >= 15 is 0 Å². The quantitative estimate of drug-likeness (QED) is 0.686. The Labute approximate surface area is 118 Å². The molecule has 0 radical (unpaired) electrons. The Morgan fingerprint density at radius 1 is 1.05 bits per heavy atom. The number of aryl methyl sites for hydroxylation is 2. The molecular weight excluding hydrogens is 254 g/mol. The summed E-state index contributed by atoms with van der Waals surface area (Å²) in [4.78, 5) is 8.89. The number of nitrogens with zero attached hydrogens (tertiary/aromatic N) is 2. The molecule has 2 rings (SSSR count). The van der Waals surface area contributed by atoms with E-state index in [0.717, 1.165) is 22.1 Å². The normalized spacial score (nSPS) is 14.1. The Kier molecular flexibility index (Phi) is 4.56. The smallest absolute Gasteiger partial charge is 0.188 e. The minimum atomic E-state index is -0.0179. The molecule has 19 heavy (non-hydrogen) atoms. The van der Waals surface area contributed by atoms with Crippen LogP contribution in [0.5, 0.6) is 0 Å². The lowest BCUT2D eigenvalue weighted by Gasteiger charge is -2.19. The van der Waals surface area contributed by atoms with Crippen molar-refractivity contribution in [1.29, 1.82) is 0 Å². The second-order valence-corrected chi connectivity index (χ2v) is 6.04. The van der Waals surface area contributed by atoms with E-state index in [-0.39, 0.29) is 11.3 Å². The predicted octanol–water partition coefficient (Wildman–Crippen LogP) is 3.27. The zero-order valence-electron chi connectivity index (χ0n) is 11.5. The van der Waals surface area contributed by atoms with Crippen LogP contribution in [0.1, 0.15) is 29.9 Å². The van der Waals surface area contributed by atoms with Crippen molar-refractivity contribution < 1.29 is 0 Å². The van der Waals surface area contributed by atoms with Crippen LogP contribution in [0.25, 0.3) is 0 Å². The number of thioether (sulfide) groups is 1. The van der Waals surface area contributed by atoms with Gasteiger partial charge in [0.1, 0.15) is 0 Å². The first-order valence-corrected chi connectivity index (χ1v) is 7.23. The highest BCUT2D eigenvalue weighted by atomic mass is 32.2. The van der Waals surface area contributed by atoms with Crippen LogP contribution in [0.2, 0.25) is 0 Å². The molecule has 1 aromatic heterocycles. The van der Waals surface area contributed by atoms with Gasteiger partial charge < -0.3 is 5.73 Å². The standard InChI is InChI=1S/C15H19N3S/c1-10-9-11(2)18-15(17-10)19-12(3)14(16)13-7-5-4-6-8-13/h4-9,12,14H,16H2,1-3H3. The minimum absolute atomic E-state index is 0.0179. The van der Waals surface area contributed by atoms with Crippen molar-refractivity contribution >= 4 is 11.8 Å². The van der Waals surface area contributed by atoms with Crippen molar-refractivity contribution in [2.24, 2.45) is 5.73 Å². The fraction of sp³-hybridized carbons (Fsp3) is 0.333. The molecule has 1 heterocycles. The molecule has 2 unspecified atom stereocenters. The number of benzene rings is 1. The molecular formula is C15H19N3S. The molecule has 1 aromatic carbocycles. The SMILES string of the molecule is Cc1cc(C)nc(SC(C)C(N)c2ccccc2)n1. The molecule has 4 heteroatoms. The molecule has 0 amide bonds. The Hall–Kier alpha value is -1.39. The number of hydrogen-bond donors (Lipinski definition) is 1. The van der Waals surface area contributed by atoms with E-state index in [0.29, 0.717) is 0 Å². The van der Waals surface area contributed by atoms with Gasteiger partial charge in [-0.2, -0.15) is 0 Å². The molecule has 0 spiro atoms. The highest BCUT2D eigenvalue weighted by molar-refractivity contribution is 7.99. The predicted molar refractivity (Wildman–Crippen MR) is 80.2 cm³/mol. The van der Waals surface area contributed by atoms with Crippen LogP contribution >= 0.6 is 11.8 Å². The van der Waals surface area contributed by atoms with Crippen LogP contribution in [0.4, 0.5) is 0 Å². The van der Waals surface area contributed by atoms with Crippen LogP contribution in [0.15, 0.2) is 41.6 Å². The summed E-state index contributed by atoms with van der Waals surface area (Å²) in [5, 5.41) is 1.03. The highest BCUT2D eigenvalue weighted by Crippen LogP contribution is 2.28. The van der Waals surface area contributed by atoms with Gasteiger partial charge in [0, 0.05) is 22.7 Å². The summed E-state index contributed by atoms with van der Waals surface area (Å²) in [5.74, 6) is 0. The third-order valence-corrected chi connectivity index (χ3v) is 4.00. The van der Waals surface area contributed by atoms with Crippen molar-refractivity contribution in [1.82, 2.24) is 9.97 Å². The van der Waals surface area contributed by atoms with Gasteiger partial charge >= 0.3 is 0 Å². The first kappa shape index (κ1) is 14.0. The Morgan fingerprint density at radius 3 is 2.21 bits per heavy atom. The van der Waals surface area contributed by atoms with E-state index in [1.807, 2.05) is 38.1 Å². The minimum Gasteiger partial charge on any atom is -0.323 e. The second kappa shape index (κ2) is 6.17. The van der Waals surface area contributed by atoms with Crippen molar-refractivity contribution in [3.63, 3.8) is 0 Å². The number of aromatic nitrogens is 2. The fourth-order valence-electron chi connectivity index (χ4n) is 1.93. The molecule has 0 aliphatic rings. The van der Waals surface area contributed by atoms with Crippen molar-refractivity contribution in [3.05, 3.63) is 53.3 Å². The van der Waals surface area contributed by atoms with E-state index in [1.54, 1.807) is 11.8 Å². The first-order chi connectivity index (χ1) is 9.06. The highest BCUT2D eigenvalue weighted by Gasteiger charge is 2.17. The van der Waals surface area contributed by atoms with Gasteiger partial charge in [-0.05, 0) is 25.5 Å². The summed E-state index contributed by atoms with van der Waals surface area (Å²) < 4.78 is 0. The third kappa shape index (κ3) is 3.78. The Balaban J connectivity index is 2.10. The van der Waals surface area contributed by atoms with Gasteiger partial charge in [0.25, 0.3) is 0 Å². The molecule has 0 fully saturated rings. The maximum Gasteiger partial charge on any atom is 0.188 e. The van der Waals surface area contributed by atoms with Gasteiger partial charge in [-0.25, -0.2) is 9.97 Å². The first-order valence-electron chi connectivity index (χ1n) is 6.35. The lowest BCUT2D eigenvalue weighted by molar-refractivity contribution is 0.711. The Morgan fingerprint density at radius 2 is 1.63 bits per heavy atom. The molecule has 0 aliphatic carbocycles. The van der Waals surface area contributed by atoms with Crippen molar-refractivity contribution in [2.45, 2.75) is 37.2 Å². The van der Waals surface area contributed by atoms with Gasteiger partial charge in [0.15, 0.2) is 5.16 Å². The van der Waals surface area contributed by atoms with Crippen LogP contribution < -0.4 is 5.73 Å². The third-order valence-electron chi connectivity index (χ3n) is 2.94. The largest absolute Gasteiger partial charge is 0.323 e. The number of hydrogen-bond acceptors (Lipinski definition) is 4. The van der Waals surface area contributed by atoms with Gasteiger partial charge in [-0.15, -0.1) is 0 Å². The van der Waals surface area contributed by atoms with Crippen molar-refractivity contribution in [3.8, 4) is 0 Å². The zero-order valence-corrected chi connectivity index (χ0v) is 12.3. The monoisotopic (exact) mass is 273 g/mol. The summed E-state index contributed by atoms with van der Waals surface area (Å²) >= 11 is 1.63. The van der Waals surface area contributed by atoms with E-state index in [9.17, 15) is 0 Å². The van der Waals surface area contributed by atoms with E-state index in [2.05, 4.69) is 29.0 Å². The van der Waals surface area contributed by atoms with Gasteiger partial charge in [0.2, 0.25) is 0 Å². The van der Waals surface area contributed by atoms with Crippen LogP contribution in [0.3, 0.4) is 0 Å². The summed E-state index contributed by atoms with van der Waals surface area (Å²) in [5.41, 5.74) is 9.42. The van der Waals surface area contributed by atoms with E-state index < -0.39 is 0 Å².